The van der Waals surface area contributed by atoms with Crippen LogP contribution in [0.1, 0.15) is 18.9 Å². The second-order valence-electron chi connectivity index (χ2n) is 4.35. The molecule has 1 aliphatic heterocycles. The molecule has 0 radical (unpaired) electrons. The van der Waals surface area contributed by atoms with E-state index in [0.717, 1.165) is 6.42 Å². The van der Waals surface area contributed by atoms with Crippen molar-refractivity contribution in [2.24, 2.45) is 0 Å². The molecular formula is C12H16N2O4S. The second-order valence-corrected chi connectivity index (χ2v) is 6.08. The van der Waals surface area contributed by atoms with Gasteiger partial charge in [-0.1, -0.05) is 6.92 Å². The van der Waals surface area contributed by atoms with Crippen LogP contribution in [-0.2, 0) is 14.8 Å². The molecule has 0 aromatic heterocycles. The number of sulfonamides is 1. The number of ether oxygens (including phenoxy) is 1. The molecule has 0 unspecified atom stereocenters. The first kappa shape index (κ1) is 13.8. The van der Waals surface area contributed by atoms with Crippen molar-refractivity contribution in [2.75, 3.05) is 18.5 Å². The largest absolute Gasteiger partial charge is 0.482 e. The maximum absolute atomic E-state index is 12.1. The number of carbonyl (C=O) groups is 1. The molecule has 1 aromatic carbocycles. The number of rotatable bonds is 4. The summed E-state index contributed by atoms with van der Waals surface area (Å²) in [5.41, 5.74) is 1.07. The summed E-state index contributed by atoms with van der Waals surface area (Å²) < 4.78 is 32.0. The number of hydrogen-bond donors (Lipinski definition) is 2. The van der Waals surface area contributed by atoms with Crippen LogP contribution in [0.2, 0.25) is 0 Å². The Hall–Kier alpha value is -1.60. The Bertz CT molecular complexity index is 610. The van der Waals surface area contributed by atoms with E-state index < -0.39 is 10.0 Å². The van der Waals surface area contributed by atoms with E-state index in [0.29, 0.717) is 23.5 Å². The Labute approximate surface area is 112 Å². The second kappa shape index (κ2) is 5.18. The Morgan fingerprint density at radius 3 is 2.84 bits per heavy atom. The highest BCUT2D eigenvalue weighted by molar-refractivity contribution is 7.89. The monoisotopic (exact) mass is 284 g/mol. The fourth-order valence-electron chi connectivity index (χ4n) is 1.82. The third-order valence-electron chi connectivity index (χ3n) is 2.74. The summed E-state index contributed by atoms with van der Waals surface area (Å²) in [4.78, 5) is 11.4. The number of benzene rings is 1. The zero-order valence-corrected chi connectivity index (χ0v) is 11.6. The molecule has 0 bridgehead atoms. The predicted octanol–water partition coefficient (Wildman–Crippen LogP) is 1.01. The molecule has 19 heavy (non-hydrogen) atoms. The van der Waals surface area contributed by atoms with Crippen LogP contribution in [-0.4, -0.2) is 27.5 Å². The molecule has 2 rings (SSSR count). The molecule has 7 heteroatoms. The van der Waals surface area contributed by atoms with Gasteiger partial charge >= 0.3 is 0 Å². The first-order chi connectivity index (χ1) is 8.94. The minimum Gasteiger partial charge on any atom is -0.482 e. The van der Waals surface area contributed by atoms with Gasteiger partial charge < -0.3 is 10.1 Å². The standard InChI is InChI=1S/C12H16N2O4S/c1-3-4-13-19(16,17)11-6-10-9(5-8(11)2)14-12(15)7-18-10/h5-6,13H,3-4,7H2,1-2H3,(H,14,15). The number of anilines is 1. The molecule has 1 heterocycles. The van der Waals surface area contributed by atoms with Crippen molar-refractivity contribution < 1.29 is 17.9 Å². The molecule has 0 saturated heterocycles. The number of nitrogens with one attached hydrogen (secondary N) is 2. The third kappa shape index (κ3) is 2.87. The maximum atomic E-state index is 12.1. The lowest BCUT2D eigenvalue weighted by Crippen LogP contribution is -2.28. The highest BCUT2D eigenvalue weighted by Gasteiger charge is 2.22. The van der Waals surface area contributed by atoms with Crippen molar-refractivity contribution in [2.45, 2.75) is 25.2 Å². The molecule has 0 saturated carbocycles. The molecule has 1 aromatic rings. The van der Waals surface area contributed by atoms with Crippen LogP contribution in [0, 0.1) is 6.92 Å². The summed E-state index contributed by atoms with van der Waals surface area (Å²) in [6.07, 6.45) is 0.718. The lowest BCUT2D eigenvalue weighted by molar-refractivity contribution is -0.118. The molecular weight excluding hydrogens is 268 g/mol. The predicted molar refractivity (Wildman–Crippen MR) is 70.8 cm³/mol. The molecule has 104 valence electrons. The first-order valence-corrected chi connectivity index (χ1v) is 7.49. The van der Waals surface area contributed by atoms with Crippen LogP contribution in [0.15, 0.2) is 17.0 Å². The zero-order chi connectivity index (χ0) is 14.0. The smallest absolute Gasteiger partial charge is 0.262 e. The van der Waals surface area contributed by atoms with Crippen LogP contribution in [0.5, 0.6) is 5.75 Å². The Kier molecular flexibility index (Phi) is 3.77. The molecule has 6 nitrogen and oxygen atoms in total. The average molecular weight is 284 g/mol. The summed E-state index contributed by atoms with van der Waals surface area (Å²) in [7, 11) is -3.54. The molecule has 0 atom stereocenters. The summed E-state index contributed by atoms with van der Waals surface area (Å²) in [6.45, 7) is 3.86. The Morgan fingerprint density at radius 2 is 2.16 bits per heavy atom. The fourth-order valence-corrected chi connectivity index (χ4v) is 3.19. The highest BCUT2D eigenvalue weighted by atomic mass is 32.2. The topological polar surface area (TPSA) is 84.5 Å². The first-order valence-electron chi connectivity index (χ1n) is 6.01. The summed E-state index contributed by atoms with van der Waals surface area (Å²) in [5, 5.41) is 2.64. The van der Waals surface area contributed by atoms with E-state index in [1.807, 2.05) is 6.92 Å². The third-order valence-corrected chi connectivity index (χ3v) is 4.34. The molecule has 0 spiro atoms. The SMILES string of the molecule is CCCNS(=O)(=O)c1cc2c(cc1C)NC(=O)CO2. The van der Waals surface area contributed by atoms with Gasteiger partial charge in [-0.2, -0.15) is 0 Å². The van der Waals surface area contributed by atoms with Crippen LogP contribution >= 0.6 is 0 Å². The van der Waals surface area contributed by atoms with E-state index in [4.69, 9.17) is 4.74 Å². The van der Waals surface area contributed by atoms with Gasteiger partial charge in [0.2, 0.25) is 10.0 Å². The molecule has 0 aliphatic carbocycles. The van der Waals surface area contributed by atoms with Crippen LogP contribution < -0.4 is 14.8 Å². The fraction of sp³-hybridized carbons (Fsp3) is 0.417. The van der Waals surface area contributed by atoms with Crippen molar-refractivity contribution in [1.82, 2.24) is 4.72 Å². The van der Waals surface area contributed by atoms with Crippen molar-refractivity contribution in [3.8, 4) is 5.75 Å². The van der Waals surface area contributed by atoms with Gasteiger partial charge in [-0.3, -0.25) is 4.79 Å². The quantitative estimate of drug-likeness (QED) is 0.864. The average Bonchev–Trinajstić information content (AvgIpc) is 2.35. The van der Waals surface area contributed by atoms with Gasteiger partial charge in [0.15, 0.2) is 6.61 Å². The number of fused-ring (bicyclic) bond motifs is 1. The number of aryl methyl sites for hydroxylation is 1. The van der Waals surface area contributed by atoms with E-state index in [9.17, 15) is 13.2 Å². The van der Waals surface area contributed by atoms with Gasteiger partial charge in [-0.05, 0) is 25.0 Å². The van der Waals surface area contributed by atoms with Crippen molar-refractivity contribution in [3.05, 3.63) is 17.7 Å². The van der Waals surface area contributed by atoms with E-state index in [-0.39, 0.29) is 17.4 Å². The van der Waals surface area contributed by atoms with Crippen LogP contribution in [0.3, 0.4) is 0 Å². The molecule has 0 fully saturated rings. The minimum absolute atomic E-state index is 0.0993. The van der Waals surface area contributed by atoms with E-state index >= 15 is 0 Å². The number of carbonyl (C=O) groups excluding carboxylic acids is 1. The number of hydrogen-bond acceptors (Lipinski definition) is 4. The molecule has 1 aliphatic rings. The Balaban J connectivity index is 2.40. The summed E-state index contributed by atoms with van der Waals surface area (Å²) >= 11 is 0. The molecule has 1 amide bonds. The van der Waals surface area contributed by atoms with Gasteiger partial charge in [0.05, 0.1) is 10.6 Å². The minimum atomic E-state index is -3.54. The normalized spacial score (nSPS) is 14.5. The van der Waals surface area contributed by atoms with Gasteiger partial charge in [-0.15, -0.1) is 0 Å². The van der Waals surface area contributed by atoms with E-state index in [1.54, 1.807) is 13.0 Å². The van der Waals surface area contributed by atoms with Crippen LogP contribution in [0.4, 0.5) is 5.69 Å². The van der Waals surface area contributed by atoms with E-state index in [2.05, 4.69) is 10.0 Å². The van der Waals surface area contributed by atoms with E-state index in [1.165, 1.54) is 6.07 Å². The van der Waals surface area contributed by atoms with Crippen molar-refractivity contribution in [1.29, 1.82) is 0 Å². The lowest BCUT2D eigenvalue weighted by atomic mass is 10.2. The maximum Gasteiger partial charge on any atom is 0.262 e. The van der Waals surface area contributed by atoms with Crippen LogP contribution in [0.25, 0.3) is 0 Å². The highest BCUT2D eigenvalue weighted by Crippen LogP contribution is 2.32. The lowest BCUT2D eigenvalue weighted by Gasteiger charge is -2.20. The molecule has 2 N–H and O–H groups in total. The van der Waals surface area contributed by atoms with Crippen molar-refractivity contribution in [3.63, 3.8) is 0 Å². The number of amides is 1. The van der Waals surface area contributed by atoms with Gasteiger partial charge in [0.1, 0.15) is 5.75 Å². The van der Waals surface area contributed by atoms with Gasteiger partial charge in [0.25, 0.3) is 5.91 Å². The zero-order valence-electron chi connectivity index (χ0n) is 10.8. The van der Waals surface area contributed by atoms with Gasteiger partial charge in [-0.25, -0.2) is 13.1 Å². The summed E-state index contributed by atoms with van der Waals surface area (Å²) in [6, 6.07) is 3.05. The summed E-state index contributed by atoms with van der Waals surface area (Å²) in [5.74, 6) is 0.133. The van der Waals surface area contributed by atoms with Gasteiger partial charge in [0, 0.05) is 12.6 Å². The Morgan fingerprint density at radius 1 is 1.42 bits per heavy atom. The van der Waals surface area contributed by atoms with Crippen molar-refractivity contribution >= 4 is 21.6 Å².